The van der Waals surface area contributed by atoms with Gasteiger partial charge >= 0.3 is 0 Å². The van der Waals surface area contributed by atoms with Crippen LogP contribution in [0.15, 0.2) is 0 Å². The third-order valence-corrected chi connectivity index (χ3v) is 20.4. The van der Waals surface area contributed by atoms with Gasteiger partial charge in [0.05, 0.1) is 51.3 Å². The maximum Gasteiger partial charge on any atom is 0.187 e. The molecule has 0 aromatic carbocycles. The average Bonchev–Trinajstić information content (AvgIpc) is 4.13. The van der Waals surface area contributed by atoms with Crippen molar-refractivity contribution in [3.05, 3.63) is 0 Å². The first kappa shape index (κ1) is 60.6. The Labute approximate surface area is 447 Å². The van der Waals surface area contributed by atoms with Crippen LogP contribution < -0.4 is 0 Å². The Hall–Kier alpha value is -1.00. The molecule has 0 amide bonds. The fourth-order valence-corrected chi connectivity index (χ4v) is 16.0. The Morgan fingerprint density at radius 1 is 0.558 bits per heavy atom. The van der Waals surface area contributed by atoms with Gasteiger partial charge in [0.1, 0.15) is 97.7 Å². The summed E-state index contributed by atoms with van der Waals surface area (Å²) in [5.41, 5.74) is -0.261. The van der Waals surface area contributed by atoms with Crippen molar-refractivity contribution in [2.24, 2.45) is 52.3 Å². The molecule has 0 bridgehead atoms. The summed E-state index contributed by atoms with van der Waals surface area (Å²) in [6, 6.07) is 0. The third-order valence-electron chi connectivity index (χ3n) is 20.4. The number of fused-ring (bicyclic) bond motifs is 7. The molecule has 0 spiro atoms. The molecule has 9 aliphatic rings. The van der Waals surface area contributed by atoms with Gasteiger partial charge in [-0.2, -0.15) is 0 Å². The van der Waals surface area contributed by atoms with Gasteiger partial charge in [0, 0.05) is 19.4 Å². The van der Waals surface area contributed by atoms with Gasteiger partial charge in [0.15, 0.2) is 30.9 Å². The van der Waals surface area contributed by atoms with Gasteiger partial charge in [-0.15, -0.1) is 0 Å². The molecule has 25 heteroatoms. The Balaban J connectivity index is 0.804. The van der Waals surface area contributed by atoms with Crippen LogP contribution in [0.5, 0.6) is 0 Å². The van der Waals surface area contributed by atoms with Crippen LogP contribution in [0.25, 0.3) is 0 Å². The summed E-state index contributed by atoms with van der Waals surface area (Å²) >= 11 is 0. The monoisotopic (exact) mass is 1110 g/mol. The number of hydrogen-bond donors (Lipinski definition) is 15. The van der Waals surface area contributed by atoms with Crippen molar-refractivity contribution in [1.29, 1.82) is 0 Å². The van der Waals surface area contributed by atoms with E-state index in [1.807, 2.05) is 6.92 Å². The summed E-state index contributed by atoms with van der Waals surface area (Å²) < 4.78 is 60.0. The van der Waals surface area contributed by atoms with E-state index in [1.54, 1.807) is 7.11 Å². The predicted molar refractivity (Wildman–Crippen MR) is 258 cm³/mol. The highest BCUT2D eigenvalue weighted by Gasteiger charge is 2.69. The van der Waals surface area contributed by atoms with Gasteiger partial charge < -0.3 is 124 Å². The zero-order chi connectivity index (χ0) is 55.8. The topological polar surface area (TPSA) is 396 Å². The van der Waals surface area contributed by atoms with E-state index in [4.69, 9.17) is 47.4 Å². The number of rotatable bonds is 17. The Kier molecular flexibility index (Phi) is 18.8. The molecule has 9 rings (SSSR count). The van der Waals surface area contributed by atoms with Gasteiger partial charge in [0.25, 0.3) is 0 Å². The minimum atomic E-state index is -1.93. The van der Waals surface area contributed by atoms with E-state index in [-0.39, 0.29) is 47.2 Å². The molecule has 0 radical (unpaired) electrons. The minimum Gasteiger partial charge on any atom is -0.394 e. The van der Waals surface area contributed by atoms with Gasteiger partial charge in [-0.1, -0.05) is 27.7 Å². The first-order chi connectivity index (χ1) is 36.5. The summed E-state index contributed by atoms with van der Waals surface area (Å²) in [5, 5.41) is 159. The fraction of sp³-hybridized carbons (Fsp3) is 1.00. The molecule has 4 aliphatic carbocycles. The SMILES string of the molecule is CO[C@]1(CC[C@@H](C)CO[C@@H]2O[C@H](CO)[C@@H](O)[C@H](O)[C@H]2O)O[C@H]2C[C@H]3[C@@H]4CC[C@@H]5C[C@@H](O[C@@H]6O[C@H](CO)[C@H](O[C@@H]7O[C@H](CO)[C@@H](O)[C@H](O)[C@H]7O[C@@H]7O[C@H](CO)[C@@H](O)[C@H](O)[C@H]7O)[C@H](O)[C@H]6O)[C@@H](O)C[C@]5(C)[C@H]4CC[C@]3(C)[C@H]2[C@@H]1C. The molecule has 0 unspecified atom stereocenters. The van der Waals surface area contributed by atoms with E-state index >= 15 is 0 Å². The van der Waals surface area contributed by atoms with Crippen LogP contribution in [-0.4, -0.2) is 264 Å². The molecule has 5 aliphatic heterocycles. The van der Waals surface area contributed by atoms with Crippen LogP contribution in [-0.2, 0) is 47.4 Å². The lowest BCUT2D eigenvalue weighted by Crippen LogP contribution is -2.67. The van der Waals surface area contributed by atoms with Crippen molar-refractivity contribution < 1.29 is 124 Å². The van der Waals surface area contributed by atoms with Crippen LogP contribution in [0.4, 0.5) is 0 Å². The molecule has 25 nitrogen and oxygen atoms in total. The van der Waals surface area contributed by atoms with Crippen molar-refractivity contribution in [3.8, 4) is 0 Å². The molecule has 4 saturated carbocycles. The molecule has 446 valence electrons. The van der Waals surface area contributed by atoms with E-state index in [1.165, 1.54) is 0 Å². The Morgan fingerprint density at radius 3 is 1.71 bits per heavy atom. The number of ether oxygens (including phenoxy) is 10. The van der Waals surface area contributed by atoms with Crippen LogP contribution in [0, 0.1) is 52.3 Å². The molecule has 77 heavy (non-hydrogen) atoms. The van der Waals surface area contributed by atoms with Crippen molar-refractivity contribution in [1.82, 2.24) is 0 Å². The minimum absolute atomic E-state index is 0.0110. The number of aliphatic hydroxyl groups excluding tert-OH is 15. The zero-order valence-corrected chi connectivity index (χ0v) is 44.5. The Morgan fingerprint density at radius 2 is 1.09 bits per heavy atom. The molecular weight excluding hydrogens is 1020 g/mol. The molecular formula is C52H88O25. The van der Waals surface area contributed by atoms with Crippen molar-refractivity contribution >= 4 is 0 Å². The highest BCUT2D eigenvalue weighted by Crippen LogP contribution is 2.71. The fourth-order valence-electron chi connectivity index (χ4n) is 16.0. The molecule has 0 aromatic heterocycles. The number of aliphatic hydroxyl groups is 15. The van der Waals surface area contributed by atoms with E-state index in [2.05, 4.69) is 20.8 Å². The summed E-state index contributed by atoms with van der Waals surface area (Å²) in [6.07, 6.45) is -27.6. The zero-order valence-electron chi connectivity index (χ0n) is 44.5. The van der Waals surface area contributed by atoms with E-state index in [0.717, 1.165) is 32.1 Å². The first-order valence-corrected chi connectivity index (χ1v) is 27.9. The second kappa shape index (κ2) is 23.9. The van der Waals surface area contributed by atoms with Gasteiger partial charge in [-0.05, 0) is 97.7 Å². The van der Waals surface area contributed by atoms with Gasteiger partial charge in [-0.3, -0.25) is 0 Å². The maximum absolute atomic E-state index is 12.0. The van der Waals surface area contributed by atoms with Gasteiger partial charge in [0.2, 0.25) is 0 Å². The summed E-state index contributed by atoms with van der Waals surface area (Å²) in [4.78, 5) is 0. The smallest absolute Gasteiger partial charge is 0.187 e. The summed E-state index contributed by atoms with van der Waals surface area (Å²) in [7, 11) is 1.70. The molecule has 15 N–H and O–H groups in total. The van der Waals surface area contributed by atoms with Crippen LogP contribution in [0.1, 0.15) is 85.5 Å². The lowest BCUT2D eigenvalue weighted by molar-refractivity contribution is -0.391. The van der Waals surface area contributed by atoms with E-state index in [0.29, 0.717) is 43.4 Å². The summed E-state index contributed by atoms with van der Waals surface area (Å²) in [5.74, 6) is 0.730. The number of methoxy groups -OCH3 is 1. The maximum atomic E-state index is 12.0. The second-order valence-corrected chi connectivity index (χ2v) is 24.6. The standard InChI is InChI=1S/C52H88O25/c1-20(19-69-46-41(65)37(61)34(58)29(15-53)71-46)8-11-52(68-5)21(2)33-28(77-52)13-25-23-7-6-22-12-27(26(57)14-51(22,4)24(23)9-10-50(25,33)3)70-47-43(67)40(64)44(32(18-56)74-47)75-49-45(39(63)36(60)31(17-55)73-49)76-48-42(66)38(62)35(59)30(16-54)72-48/h20-49,53-67H,6-19H2,1-5H3/t20-,21+,22-,23-,24+,25+,26+,27-,28+,29-,30-,31-,32-,33+,34-,35-,36-,37+,38+,39+,40-,41-,42-,43-,44+,45-,46-,47-,48+,49+,50+,51+,52-/m1/s1. The van der Waals surface area contributed by atoms with Crippen LogP contribution in [0.3, 0.4) is 0 Å². The lowest BCUT2D eigenvalue weighted by atomic mass is 9.44. The second-order valence-electron chi connectivity index (χ2n) is 24.6. The highest BCUT2D eigenvalue weighted by molar-refractivity contribution is 5.16. The molecule has 33 atom stereocenters. The predicted octanol–water partition coefficient (Wildman–Crippen LogP) is -4.33. The first-order valence-electron chi connectivity index (χ1n) is 27.9. The van der Waals surface area contributed by atoms with Crippen LogP contribution in [0.2, 0.25) is 0 Å². The van der Waals surface area contributed by atoms with E-state index in [9.17, 15) is 76.6 Å². The van der Waals surface area contributed by atoms with E-state index < -0.39 is 167 Å². The average molecular weight is 1110 g/mol. The third kappa shape index (κ3) is 10.8. The quantitative estimate of drug-likeness (QED) is 0.0612. The molecule has 0 aromatic rings. The van der Waals surface area contributed by atoms with Crippen molar-refractivity contribution in [2.45, 2.75) is 232 Å². The largest absolute Gasteiger partial charge is 0.394 e. The van der Waals surface area contributed by atoms with Crippen LogP contribution >= 0.6 is 0 Å². The van der Waals surface area contributed by atoms with Crippen molar-refractivity contribution in [2.75, 3.05) is 40.1 Å². The lowest BCUT2D eigenvalue weighted by Gasteiger charge is -2.62. The normalized spacial score (nSPS) is 55.2. The van der Waals surface area contributed by atoms with Crippen molar-refractivity contribution in [3.63, 3.8) is 0 Å². The summed E-state index contributed by atoms with van der Waals surface area (Å²) in [6.45, 7) is 6.18. The number of hydrogen-bond acceptors (Lipinski definition) is 25. The molecule has 5 saturated heterocycles. The molecule has 5 heterocycles. The highest BCUT2D eigenvalue weighted by atomic mass is 16.8. The Bertz CT molecular complexity index is 1920. The van der Waals surface area contributed by atoms with Gasteiger partial charge in [-0.25, -0.2) is 0 Å². The molecule has 9 fully saturated rings.